The number of aliphatic hydroxyl groups is 1. The molecule has 0 saturated carbocycles. The van der Waals surface area contributed by atoms with Crippen LogP contribution in [0.25, 0.3) is 17.2 Å². The minimum Gasteiger partial charge on any atom is -0.374 e. The Morgan fingerprint density at radius 3 is 2.70 bits per heavy atom. The van der Waals surface area contributed by atoms with Gasteiger partial charge in [0.1, 0.15) is 23.0 Å². The van der Waals surface area contributed by atoms with Gasteiger partial charge in [-0.15, -0.1) is 0 Å². The van der Waals surface area contributed by atoms with Crippen molar-refractivity contribution in [1.29, 1.82) is 0 Å². The van der Waals surface area contributed by atoms with Gasteiger partial charge in [0.05, 0.1) is 23.3 Å². The number of carbonyl (C=O) groups is 1. The average Bonchev–Trinajstić information content (AvgIpc) is 3.52. The molecule has 1 fully saturated rings. The first-order chi connectivity index (χ1) is 15.8. The molecule has 12 heteroatoms. The molecule has 5 rings (SSSR count). The molecule has 4 aromatic rings. The van der Waals surface area contributed by atoms with Crippen LogP contribution in [0.1, 0.15) is 12.1 Å². The number of hydrogen-bond acceptors (Lipinski definition) is 8. The molecular weight excluding hydrogens is 446 g/mol. The van der Waals surface area contributed by atoms with Crippen molar-refractivity contribution in [2.24, 2.45) is 7.05 Å². The van der Waals surface area contributed by atoms with Crippen molar-refractivity contribution >= 4 is 29.1 Å². The van der Waals surface area contributed by atoms with Crippen molar-refractivity contribution in [1.82, 2.24) is 39.2 Å². The van der Waals surface area contributed by atoms with Crippen LogP contribution in [0.2, 0.25) is 5.15 Å². The highest BCUT2D eigenvalue weighted by Gasteiger charge is 2.46. The van der Waals surface area contributed by atoms with Crippen molar-refractivity contribution in [2.75, 3.05) is 18.9 Å². The second-order valence-corrected chi connectivity index (χ2v) is 8.11. The summed E-state index contributed by atoms with van der Waals surface area (Å²) in [5.41, 5.74) is 0.486. The van der Waals surface area contributed by atoms with E-state index in [-0.39, 0.29) is 5.91 Å². The van der Waals surface area contributed by atoms with E-state index in [4.69, 9.17) is 11.6 Å². The molecule has 168 valence electrons. The van der Waals surface area contributed by atoms with Crippen LogP contribution in [0.5, 0.6) is 0 Å². The van der Waals surface area contributed by atoms with Crippen LogP contribution in [-0.2, 0) is 17.4 Å². The van der Waals surface area contributed by atoms with Crippen LogP contribution in [0.3, 0.4) is 0 Å². The molecule has 0 aromatic carbocycles. The van der Waals surface area contributed by atoms with E-state index < -0.39 is 5.60 Å². The second kappa shape index (κ2) is 7.94. The quantitative estimate of drug-likeness (QED) is 0.457. The zero-order valence-corrected chi connectivity index (χ0v) is 18.6. The van der Waals surface area contributed by atoms with Crippen LogP contribution in [0, 0.1) is 0 Å². The number of carbonyl (C=O) groups excluding carboxylic acids is 1. The predicted molar refractivity (Wildman–Crippen MR) is 120 cm³/mol. The van der Waals surface area contributed by atoms with E-state index in [0.29, 0.717) is 52.7 Å². The molecule has 2 N–H and O–H groups in total. The van der Waals surface area contributed by atoms with Gasteiger partial charge in [-0.3, -0.25) is 14.0 Å². The Morgan fingerprint density at radius 2 is 1.97 bits per heavy atom. The Bertz CT molecular complexity index is 1350. The van der Waals surface area contributed by atoms with Gasteiger partial charge in [-0.25, -0.2) is 19.9 Å². The van der Waals surface area contributed by atoms with Gasteiger partial charge in [0, 0.05) is 39.5 Å². The van der Waals surface area contributed by atoms with Gasteiger partial charge in [-0.2, -0.15) is 5.10 Å². The van der Waals surface area contributed by atoms with Crippen molar-refractivity contribution < 1.29 is 9.90 Å². The van der Waals surface area contributed by atoms with Crippen LogP contribution in [0.15, 0.2) is 49.2 Å². The molecule has 1 amide bonds. The van der Waals surface area contributed by atoms with Gasteiger partial charge < -0.3 is 15.3 Å². The van der Waals surface area contributed by atoms with Crippen molar-refractivity contribution in [3.8, 4) is 17.2 Å². The molecule has 1 saturated heterocycles. The number of hydrogen-bond donors (Lipinski definition) is 2. The zero-order valence-electron chi connectivity index (χ0n) is 17.8. The number of rotatable bonds is 5. The minimum atomic E-state index is -1.61. The fourth-order valence-electron chi connectivity index (χ4n) is 3.65. The van der Waals surface area contributed by atoms with Gasteiger partial charge in [0.25, 0.3) is 5.91 Å². The number of imidazole rings is 1. The lowest BCUT2D eigenvalue weighted by Gasteiger charge is -2.17. The Morgan fingerprint density at radius 1 is 1.15 bits per heavy atom. The summed E-state index contributed by atoms with van der Waals surface area (Å²) in [6, 6.07) is 7.22. The summed E-state index contributed by atoms with van der Waals surface area (Å²) in [7, 11) is 3.40. The standard InChI is InChI=1S/C21H20ClN9O2/c1-29-9-7-21(33,19(29)32)16-11-31(12-24-16)17-5-3-4-13(26-17)14-6-8-23-20(27-14)28-15-10-25-30(2)18(15)22/h3-6,8,10-12,33H,7,9H2,1-2H3,(H,23,27,28)/t21-/m1/s1. The number of aryl methyl sites for hydroxylation is 1. The molecule has 5 heterocycles. The van der Waals surface area contributed by atoms with Gasteiger partial charge in [0.2, 0.25) is 5.95 Å². The third-order valence-corrected chi connectivity index (χ3v) is 5.99. The maximum absolute atomic E-state index is 12.4. The molecule has 0 aliphatic carbocycles. The number of nitrogens with zero attached hydrogens (tertiary/aromatic N) is 8. The highest BCUT2D eigenvalue weighted by Crippen LogP contribution is 2.32. The number of likely N-dealkylation sites (tertiary alicyclic amines) is 1. The number of nitrogens with one attached hydrogen (secondary N) is 1. The Hall–Kier alpha value is -3.83. The third kappa shape index (κ3) is 3.70. The Balaban J connectivity index is 1.42. The highest BCUT2D eigenvalue weighted by molar-refractivity contribution is 6.32. The van der Waals surface area contributed by atoms with E-state index >= 15 is 0 Å². The molecule has 0 radical (unpaired) electrons. The number of anilines is 2. The number of pyridine rings is 1. The van der Waals surface area contributed by atoms with E-state index in [2.05, 4.69) is 30.4 Å². The molecule has 1 aliphatic rings. The summed E-state index contributed by atoms with van der Waals surface area (Å²) in [5, 5.41) is 18.4. The average molecular weight is 466 g/mol. The van der Waals surface area contributed by atoms with E-state index in [0.717, 1.165) is 0 Å². The smallest absolute Gasteiger partial charge is 0.260 e. The Labute approximate surface area is 193 Å². The van der Waals surface area contributed by atoms with E-state index in [1.807, 2.05) is 12.1 Å². The topological polar surface area (TPSA) is 127 Å². The second-order valence-electron chi connectivity index (χ2n) is 7.75. The van der Waals surface area contributed by atoms with Crippen molar-refractivity contribution in [3.05, 3.63) is 60.0 Å². The number of likely N-dealkylation sites (N-methyl/N-ethyl adjacent to an activating group) is 1. The first kappa shape index (κ1) is 21.0. The van der Waals surface area contributed by atoms with Crippen LogP contribution in [0.4, 0.5) is 11.6 Å². The molecule has 0 bridgehead atoms. The highest BCUT2D eigenvalue weighted by atomic mass is 35.5. The molecule has 0 unspecified atom stereocenters. The summed E-state index contributed by atoms with van der Waals surface area (Å²) in [6.45, 7) is 0.476. The van der Waals surface area contributed by atoms with Gasteiger partial charge in [-0.1, -0.05) is 17.7 Å². The number of aromatic nitrogens is 7. The number of halogens is 1. The lowest BCUT2D eigenvalue weighted by atomic mass is 9.99. The first-order valence-electron chi connectivity index (χ1n) is 10.1. The maximum Gasteiger partial charge on any atom is 0.260 e. The van der Waals surface area contributed by atoms with E-state index in [9.17, 15) is 9.90 Å². The Kier molecular flexibility index (Phi) is 5.06. The molecule has 4 aromatic heterocycles. The summed E-state index contributed by atoms with van der Waals surface area (Å²) in [6.07, 6.45) is 6.67. The summed E-state index contributed by atoms with van der Waals surface area (Å²) in [4.78, 5) is 31.6. The maximum atomic E-state index is 12.4. The van der Waals surface area contributed by atoms with Crippen LogP contribution in [-0.4, -0.2) is 63.8 Å². The molecule has 33 heavy (non-hydrogen) atoms. The van der Waals surface area contributed by atoms with Gasteiger partial charge in [-0.05, 0) is 18.2 Å². The summed E-state index contributed by atoms with van der Waals surface area (Å²) in [5.74, 6) is 0.562. The van der Waals surface area contributed by atoms with Crippen molar-refractivity contribution in [2.45, 2.75) is 12.0 Å². The zero-order chi connectivity index (χ0) is 23.2. The first-order valence-corrected chi connectivity index (χ1v) is 10.5. The fraction of sp³-hybridized carbons (Fsp3) is 0.238. The van der Waals surface area contributed by atoms with E-state index in [1.165, 1.54) is 15.9 Å². The predicted octanol–water partition coefficient (Wildman–Crippen LogP) is 1.90. The molecule has 1 atom stereocenters. The van der Waals surface area contributed by atoms with Gasteiger partial charge in [0.15, 0.2) is 5.60 Å². The fourth-order valence-corrected chi connectivity index (χ4v) is 3.79. The summed E-state index contributed by atoms with van der Waals surface area (Å²) < 4.78 is 3.20. The van der Waals surface area contributed by atoms with Crippen LogP contribution >= 0.6 is 11.6 Å². The monoisotopic (exact) mass is 465 g/mol. The third-order valence-electron chi connectivity index (χ3n) is 5.55. The summed E-state index contributed by atoms with van der Waals surface area (Å²) >= 11 is 6.20. The van der Waals surface area contributed by atoms with E-state index in [1.54, 1.807) is 49.4 Å². The number of amides is 1. The molecule has 11 nitrogen and oxygen atoms in total. The van der Waals surface area contributed by atoms with Crippen molar-refractivity contribution in [3.63, 3.8) is 0 Å². The molecule has 0 spiro atoms. The van der Waals surface area contributed by atoms with Crippen LogP contribution < -0.4 is 5.32 Å². The normalized spacial score (nSPS) is 18.2. The minimum absolute atomic E-state index is 0.296. The largest absolute Gasteiger partial charge is 0.374 e. The lowest BCUT2D eigenvalue weighted by molar-refractivity contribution is -0.143. The lowest BCUT2D eigenvalue weighted by Crippen LogP contribution is -2.36. The molecule has 1 aliphatic heterocycles. The SMILES string of the molecule is CN1CC[C@@](O)(c2cn(-c3cccc(-c4ccnc(Nc5cnn(C)c5Cl)n4)n3)cn2)C1=O. The van der Waals surface area contributed by atoms with Gasteiger partial charge >= 0.3 is 0 Å². The molecular formula is C21H20ClN9O2.